The summed E-state index contributed by atoms with van der Waals surface area (Å²) in [5.41, 5.74) is 1.79. The second-order valence-corrected chi connectivity index (χ2v) is 10.5. The summed E-state index contributed by atoms with van der Waals surface area (Å²) < 4.78 is 1.60. The quantitative estimate of drug-likeness (QED) is 0.412. The highest BCUT2D eigenvalue weighted by atomic mass is 35.5. The molecule has 4 aromatic heterocycles. The van der Waals surface area contributed by atoms with Crippen molar-refractivity contribution in [3.8, 4) is 0 Å². The SMILES string of the molecule is Cc1nn(C)c2ncnc(C(=O)NC(C)c3ncc(C(=O)Nc4ncc(Cl)c(C(C)(C)C)n4)s3)c12. The molecule has 35 heavy (non-hydrogen) atoms. The molecule has 4 heterocycles. The Kier molecular flexibility index (Phi) is 6.52. The van der Waals surface area contributed by atoms with Gasteiger partial charge >= 0.3 is 0 Å². The van der Waals surface area contributed by atoms with Gasteiger partial charge in [0.15, 0.2) is 5.65 Å². The molecule has 2 N–H and O–H groups in total. The van der Waals surface area contributed by atoms with Gasteiger partial charge in [-0.1, -0.05) is 32.4 Å². The van der Waals surface area contributed by atoms with Gasteiger partial charge in [-0.2, -0.15) is 5.10 Å². The first-order valence-electron chi connectivity index (χ1n) is 10.7. The van der Waals surface area contributed by atoms with Crippen LogP contribution in [0.15, 0.2) is 18.7 Å². The van der Waals surface area contributed by atoms with E-state index in [9.17, 15) is 9.59 Å². The molecular formula is C22H24ClN9O2S. The number of nitrogens with one attached hydrogen (secondary N) is 2. The number of hydrogen-bond acceptors (Lipinski definition) is 9. The Hall–Kier alpha value is -3.51. The van der Waals surface area contributed by atoms with Crippen molar-refractivity contribution < 1.29 is 9.59 Å². The molecule has 11 nitrogen and oxygen atoms in total. The number of aromatic nitrogens is 7. The number of anilines is 1. The monoisotopic (exact) mass is 513 g/mol. The van der Waals surface area contributed by atoms with Gasteiger partial charge in [0.05, 0.1) is 40.2 Å². The van der Waals surface area contributed by atoms with Gasteiger partial charge in [0.25, 0.3) is 11.8 Å². The number of carbonyl (C=O) groups excluding carboxylic acids is 2. The summed E-state index contributed by atoms with van der Waals surface area (Å²) in [4.78, 5) is 47.2. The number of hydrogen-bond donors (Lipinski definition) is 2. The summed E-state index contributed by atoms with van der Waals surface area (Å²) in [7, 11) is 1.76. The van der Waals surface area contributed by atoms with Gasteiger partial charge in [0, 0.05) is 12.5 Å². The third-order valence-electron chi connectivity index (χ3n) is 5.16. The van der Waals surface area contributed by atoms with Crippen molar-refractivity contribution in [1.29, 1.82) is 0 Å². The highest BCUT2D eigenvalue weighted by molar-refractivity contribution is 7.13. The zero-order chi connectivity index (χ0) is 25.5. The van der Waals surface area contributed by atoms with E-state index in [1.54, 1.807) is 25.6 Å². The van der Waals surface area contributed by atoms with Crippen LogP contribution < -0.4 is 10.6 Å². The Morgan fingerprint density at radius 2 is 1.86 bits per heavy atom. The Balaban J connectivity index is 1.48. The molecule has 0 saturated carbocycles. The first kappa shape index (κ1) is 24.6. The third kappa shape index (κ3) is 4.98. The van der Waals surface area contributed by atoms with Gasteiger partial charge in [-0.3, -0.25) is 19.6 Å². The normalized spacial score (nSPS) is 12.5. The molecule has 182 valence electrons. The number of amides is 2. The summed E-state index contributed by atoms with van der Waals surface area (Å²) in [5.74, 6) is -0.635. The van der Waals surface area contributed by atoms with Crippen LogP contribution in [0.3, 0.4) is 0 Å². The lowest BCUT2D eigenvalue weighted by atomic mass is 9.92. The number of halogens is 1. The maximum atomic E-state index is 13.0. The molecule has 0 aromatic carbocycles. The van der Waals surface area contributed by atoms with E-state index in [4.69, 9.17) is 11.6 Å². The molecule has 0 fully saturated rings. The molecule has 0 aliphatic rings. The predicted octanol–water partition coefficient (Wildman–Crippen LogP) is 3.61. The molecule has 0 radical (unpaired) electrons. The molecule has 0 aliphatic carbocycles. The average molecular weight is 514 g/mol. The first-order chi connectivity index (χ1) is 16.5. The van der Waals surface area contributed by atoms with Crippen molar-refractivity contribution in [2.75, 3.05) is 5.32 Å². The molecule has 0 aliphatic heterocycles. The van der Waals surface area contributed by atoms with E-state index in [1.165, 1.54) is 18.7 Å². The van der Waals surface area contributed by atoms with Crippen molar-refractivity contribution in [2.24, 2.45) is 7.05 Å². The molecule has 1 atom stereocenters. The van der Waals surface area contributed by atoms with Gasteiger partial charge in [-0.15, -0.1) is 11.3 Å². The largest absolute Gasteiger partial charge is 0.342 e. The van der Waals surface area contributed by atoms with Crippen molar-refractivity contribution >= 4 is 51.7 Å². The standard InChI is InChI=1S/C22H24ClN9O2S/c1-10-14-15(26-9-27-17(14)32(6)31-10)19(34)28-11(2)20-24-8-13(35-20)18(33)30-21-25-7-12(23)16(29-21)22(3,4)5/h7-9,11H,1-6H3,(H,28,34)(H,25,29,30,33). The Morgan fingerprint density at radius 3 is 2.57 bits per heavy atom. The van der Waals surface area contributed by atoms with Crippen LogP contribution in [0.4, 0.5) is 5.95 Å². The highest BCUT2D eigenvalue weighted by Gasteiger charge is 2.23. The number of rotatable bonds is 5. The van der Waals surface area contributed by atoms with Crippen LogP contribution in [-0.2, 0) is 12.5 Å². The second-order valence-electron chi connectivity index (χ2n) is 8.98. The smallest absolute Gasteiger partial charge is 0.271 e. The van der Waals surface area contributed by atoms with Crippen LogP contribution in [0.2, 0.25) is 5.02 Å². The number of nitrogens with zero attached hydrogens (tertiary/aromatic N) is 7. The maximum absolute atomic E-state index is 13.0. The van der Waals surface area contributed by atoms with Gasteiger partial charge in [0.1, 0.15) is 21.9 Å². The lowest BCUT2D eigenvalue weighted by Crippen LogP contribution is -2.27. The van der Waals surface area contributed by atoms with Crippen LogP contribution in [0.5, 0.6) is 0 Å². The predicted molar refractivity (Wildman–Crippen MR) is 133 cm³/mol. The van der Waals surface area contributed by atoms with Gasteiger partial charge in [-0.05, 0) is 13.8 Å². The Bertz CT molecular complexity index is 1440. The fourth-order valence-electron chi connectivity index (χ4n) is 3.49. The lowest BCUT2D eigenvalue weighted by Gasteiger charge is -2.19. The summed E-state index contributed by atoms with van der Waals surface area (Å²) in [5, 5.41) is 11.5. The van der Waals surface area contributed by atoms with E-state index < -0.39 is 11.9 Å². The maximum Gasteiger partial charge on any atom is 0.271 e. The van der Waals surface area contributed by atoms with Gasteiger partial charge < -0.3 is 5.32 Å². The Morgan fingerprint density at radius 1 is 1.11 bits per heavy atom. The van der Waals surface area contributed by atoms with E-state index in [1.807, 2.05) is 20.8 Å². The van der Waals surface area contributed by atoms with Crippen molar-refractivity contribution in [2.45, 2.75) is 46.1 Å². The molecule has 0 bridgehead atoms. The summed E-state index contributed by atoms with van der Waals surface area (Å²) in [6, 6.07) is -0.463. The molecule has 0 saturated heterocycles. The number of aryl methyl sites for hydroxylation is 2. The van der Waals surface area contributed by atoms with Crippen molar-refractivity contribution in [3.05, 3.63) is 50.7 Å². The minimum absolute atomic E-state index is 0.153. The molecule has 13 heteroatoms. The fourth-order valence-corrected chi connectivity index (χ4v) is 4.68. The third-order valence-corrected chi connectivity index (χ3v) is 6.61. The van der Waals surface area contributed by atoms with Crippen LogP contribution in [0, 0.1) is 6.92 Å². The number of carbonyl (C=O) groups is 2. The van der Waals surface area contributed by atoms with Gasteiger partial charge in [0.2, 0.25) is 5.95 Å². The van der Waals surface area contributed by atoms with E-state index in [2.05, 4.69) is 40.7 Å². The van der Waals surface area contributed by atoms with E-state index in [0.29, 0.717) is 37.3 Å². The minimum Gasteiger partial charge on any atom is -0.342 e. The summed E-state index contributed by atoms with van der Waals surface area (Å²) in [6.07, 6.45) is 4.25. The summed E-state index contributed by atoms with van der Waals surface area (Å²) in [6.45, 7) is 9.50. The van der Waals surface area contributed by atoms with E-state index >= 15 is 0 Å². The fraction of sp³-hybridized carbons (Fsp3) is 0.364. The minimum atomic E-state index is -0.463. The molecular weight excluding hydrogens is 490 g/mol. The first-order valence-corrected chi connectivity index (χ1v) is 11.9. The zero-order valence-corrected chi connectivity index (χ0v) is 21.6. The molecule has 4 rings (SSSR count). The van der Waals surface area contributed by atoms with E-state index in [-0.39, 0.29) is 23.0 Å². The van der Waals surface area contributed by atoms with Crippen LogP contribution in [0.25, 0.3) is 11.0 Å². The van der Waals surface area contributed by atoms with Crippen molar-refractivity contribution in [3.63, 3.8) is 0 Å². The average Bonchev–Trinajstić information content (AvgIpc) is 3.39. The van der Waals surface area contributed by atoms with Crippen molar-refractivity contribution in [1.82, 2.24) is 40.0 Å². The zero-order valence-electron chi connectivity index (χ0n) is 20.0. The molecule has 0 spiro atoms. The highest BCUT2D eigenvalue weighted by Crippen LogP contribution is 2.28. The lowest BCUT2D eigenvalue weighted by molar-refractivity contribution is 0.0935. The van der Waals surface area contributed by atoms with E-state index in [0.717, 1.165) is 11.3 Å². The molecule has 4 aromatic rings. The second kappa shape index (κ2) is 9.27. The number of thiazole rings is 1. The Labute approximate surface area is 210 Å². The number of fused-ring (bicyclic) bond motifs is 1. The van der Waals surface area contributed by atoms with Crippen LogP contribution in [-0.4, -0.2) is 46.5 Å². The van der Waals surface area contributed by atoms with Crippen LogP contribution in [0.1, 0.15) is 70.3 Å². The summed E-state index contributed by atoms with van der Waals surface area (Å²) >= 11 is 7.37. The topological polar surface area (TPSA) is 140 Å². The van der Waals surface area contributed by atoms with Gasteiger partial charge in [-0.25, -0.2) is 24.9 Å². The molecule has 1 unspecified atom stereocenters. The molecule has 2 amide bonds. The van der Waals surface area contributed by atoms with Crippen LogP contribution >= 0.6 is 22.9 Å².